The van der Waals surface area contributed by atoms with Gasteiger partial charge in [-0.15, -0.1) is 0 Å². The van der Waals surface area contributed by atoms with Gasteiger partial charge in [0, 0.05) is 25.2 Å². The van der Waals surface area contributed by atoms with E-state index in [0.717, 1.165) is 38.5 Å². The molecule has 144 valence electrons. The van der Waals surface area contributed by atoms with Crippen molar-refractivity contribution in [1.82, 2.24) is 0 Å². The van der Waals surface area contributed by atoms with Crippen molar-refractivity contribution in [2.24, 2.45) is 22.7 Å². The Kier molecular flexibility index (Phi) is 3.20. The molecule has 0 aromatic heterocycles. The summed E-state index contributed by atoms with van der Waals surface area (Å²) in [5.74, 6) is -0.449. The number of hydrogen-bond donors (Lipinski definition) is 0. The second-order valence-electron chi connectivity index (χ2n) is 9.47. The number of ether oxygens (including phenoxy) is 4. The molecule has 5 rings (SSSR count). The molecular weight excluding hydrogens is 336 g/mol. The zero-order chi connectivity index (χ0) is 18.4. The molecular formula is C20H28O6. The third kappa shape index (κ3) is 1.68. The summed E-state index contributed by atoms with van der Waals surface area (Å²) >= 11 is 0. The van der Waals surface area contributed by atoms with Gasteiger partial charge in [0.2, 0.25) is 5.79 Å². The van der Waals surface area contributed by atoms with Crippen molar-refractivity contribution in [2.75, 3.05) is 7.11 Å². The van der Waals surface area contributed by atoms with Crippen LogP contribution in [0.3, 0.4) is 0 Å². The Labute approximate surface area is 153 Å². The molecule has 5 aliphatic rings. The predicted molar refractivity (Wildman–Crippen MR) is 90.0 cm³/mol. The fraction of sp³-hybridized carbons (Fsp3) is 0.900. The first-order valence-corrected chi connectivity index (χ1v) is 9.98. The van der Waals surface area contributed by atoms with Gasteiger partial charge in [0.1, 0.15) is 6.10 Å². The minimum Gasteiger partial charge on any atom is -0.438 e. The van der Waals surface area contributed by atoms with Gasteiger partial charge in [-0.2, -0.15) is 0 Å². The fourth-order valence-electron chi connectivity index (χ4n) is 7.68. The van der Waals surface area contributed by atoms with Crippen LogP contribution in [0.15, 0.2) is 0 Å². The van der Waals surface area contributed by atoms with Crippen molar-refractivity contribution in [2.45, 2.75) is 82.7 Å². The Balaban J connectivity index is 1.62. The lowest BCUT2D eigenvalue weighted by molar-refractivity contribution is -0.391. The first-order chi connectivity index (χ1) is 12.3. The van der Waals surface area contributed by atoms with E-state index in [0.29, 0.717) is 12.3 Å². The van der Waals surface area contributed by atoms with Crippen LogP contribution in [0.2, 0.25) is 0 Å². The van der Waals surface area contributed by atoms with E-state index < -0.39 is 23.0 Å². The molecule has 0 aromatic rings. The second kappa shape index (κ2) is 4.94. The summed E-state index contributed by atoms with van der Waals surface area (Å²) < 4.78 is 22.9. The first kappa shape index (κ1) is 16.8. The van der Waals surface area contributed by atoms with Gasteiger partial charge in [-0.05, 0) is 44.4 Å². The SMILES string of the molecule is COC(=O)O[C@H]1CC[C@@]23CCCC[C@@H]4C[C@]5(C[C@H]12)C(=O)OC(C)(C)O[C@]453. The monoisotopic (exact) mass is 364 g/mol. The molecule has 0 N–H and O–H groups in total. The highest BCUT2D eigenvalue weighted by molar-refractivity contribution is 5.83. The van der Waals surface area contributed by atoms with Crippen molar-refractivity contribution in [3.8, 4) is 0 Å². The molecule has 1 saturated heterocycles. The summed E-state index contributed by atoms with van der Waals surface area (Å²) in [5.41, 5.74) is -1.10. The number of carbonyl (C=O) groups is 2. The summed E-state index contributed by atoms with van der Waals surface area (Å²) in [4.78, 5) is 25.0. The Bertz CT molecular complexity index is 673. The molecule has 0 unspecified atom stereocenters. The van der Waals surface area contributed by atoms with Crippen LogP contribution in [0.1, 0.15) is 65.2 Å². The highest BCUT2D eigenvalue weighted by atomic mass is 16.7. The Morgan fingerprint density at radius 3 is 2.73 bits per heavy atom. The summed E-state index contributed by atoms with van der Waals surface area (Å²) in [6.45, 7) is 3.71. The molecule has 0 bridgehead atoms. The molecule has 26 heavy (non-hydrogen) atoms. The standard InChI is InChI=1S/C20H28O6/c1-17(2)25-15(21)19-10-12-6-4-5-8-18(20(12,19)26-17)9-7-14(13(18)11-19)24-16(22)23-3/h12-14H,4-11H2,1-3H3/t12-,13-,14+,18+,19+,20+/m1/s1. The molecule has 6 nitrogen and oxygen atoms in total. The maximum atomic E-state index is 13.2. The molecule has 0 aromatic carbocycles. The van der Waals surface area contributed by atoms with E-state index in [1.807, 2.05) is 13.8 Å². The number of hydrogen-bond acceptors (Lipinski definition) is 6. The molecule has 1 aliphatic heterocycles. The molecule has 4 saturated carbocycles. The van der Waals surface area contributed by atoms with Crippen LogP contribution in [-0.2, 0) is 23.7 Å². The number of esters is 1. The van der Waals surface area contributed by atoms with Crippen LogP contribution in [0, 0.1) is 22.7 Å². The molecule has 0 amide bonds. The van der Waals surface area contributed by atoms with Crippen LogP contribution < -0.4 is 0 Å². The van der Waals surface area contributed by atoms with E-state index in [-0.39, 0.29) is 23.4 Å². The predicted octanol–water partition coefficient (Wildman–Crippen LogP) is 3.57. The summed E-state index contributed by atoms with van der Waals surface area (Å²) in [7, 11) is 1.34. The van der Waals surface area contributed by atoms with E-state index in [1.165, 1.54) is 13.5 Å². The average Bonchev–Trinajstić information content (AvgIpc) is 2.95. The van der Waals surface area contributed by atoms with E-state index in [1.54, 1.807) is 0 Å². The lowest BCUT2D eigenvalue weighted by Gasteiger charge is -2.68. The number of cyclic esters (lactones) is 1. The third-order valence-electron chi connectivity index (χ3n) is 8.20. The quantitative estimate of drug-likeness (QED) is 0.663. The van der Waals surface area contributed by atoms with Gasteiger partial charge in [0.25, 0.3) is 0 Å². The zero-order valence-corrected chi connectivity index (χ0v) is 15.8. The number of carbonyl (C=O) groups excluding carboxylic acids is 2. The Morgan fingerprint density at radius 2 is 1.96 bits per heavy atom. The maximum Gasteiger partial charge on any atom is 0.508 e. The summed E-state index contributed by atoms with van der Waals surface area (Å²) in [6.07, 6.45) is 6.99. The first-order valence-electron chi connectivity index (χ1n) is 9.98. The van der Waals surface area contributed by atoms with Crippen LogP contribution in [-0.4, -0.2) is 36.7 Å². The molecule has 1 heterocycles. The largest absolute Gasteiger partial charge is 0.508 e. The van der Waals surface area contributed by atoms with E-state index in [2.05, 4.69) is 0 Å². The third-order valence-corrected chi connectivity index (χ3v) is 8.20. The maximum absolute atomic E-state index is 13.2. The van der Waals surface area contributed by atoms with Crippen molar-refractivity contribution in [3.05, 3.63) is 0 Å². The Morgan fingerprint density at radius 1 is 1.15 bits per heavy atom. The van der Waals surface area contributed by atoms with Gasteiger partial charge < -0.3 is 18.9 Å². The van der Waals surface area contributed by atoms with Gasteiger partial charge in [0.05, 0.1) is 18.1 Å². The molecule has 6 heteroatoms. The van der Waals surface area contributed by atoms with Crippen LogP contribution in [0.5, 0.6) is 0 Å². The van der Waals surface area contributed by atoms with E-state index in [9.17, 15) is 9.59 Å². The molecule has 0 radical (unpaired) electrons. The normalized spacial score (nSPS) is 50.4. The van der Waals surface area contributed by atoms with Crippen LogP contribution >= 0.6 is 0 Å². The Hall–Kier alpha value is -1.30. The highest BCUT2D eigenvalue weighted by Crippen LogP contribution is 2.82. The van der Waals surface area contributed by atoms with Crippen molar-refractivity contribution in [3.63, 3.8) is 0 Å². The summed E-state index contributed by atoms with van der Waals surface area (Å²) in [5, 5.41) is 0. The smallest absolute Gasteiger partial charge is 0.438 e. The van der Waals surface area contributed by atoms with Crippen LogP contribution in [0.4, 0.5) is 4.79 Å². The second-order valence-corrected chi connectivity index (χ2v) is 9.47. The molecule has 4 aliphatic carbocycles. The van der Waals surface area contributed by atoms with E-state index in [4.69, 9.17) is 18.9 Å². The highest BCUT2D eigenvalue weighted by Gasteiger charge is 2.88. The number of rotatable bonds is 1. The van der Waals surface area contributed by atoms with Gasteiger partial charge in [-0.1, -0.05) is 12.8 Å². The molecule has 5 fully saturated rings. The molecule has 2 spiro atoms. The van der Waals surface area contributed by atoms with Gasteiger partial charge in [-0.25, -0.2) is 4.79 Å². The number of methoxy groups -OCH3 is 1. The van der Waals surface area contributed by atoms with Gasteiger partial charge in [0.15, 0.2) is 0 Å². The average molecular weight is 364 g/mol. The van der Waals surface area contributed by atoms with Crippen molar-refractivity contribution >= 4 is 12.1 Å². The minimum absolute atomic E-state index is 0.0954. The molecule has 6 atom stereocenters. The van der Waals surface area contributed by atoms with Crippen molar-refractivity contribution < 1.29 is 28.5 Å². The fourth-order valence-corrected chi connectivity index (χ4v) is 7.68. The lowest BCUT2D eigenvalue weighted by atomic mass is 9.45. The van der Waals surface area contributed by atoms with Gasteiger partial charge >= 0.3 is 12.1 Å². The van der Waals surface area contributed by atoms with Crippen LogP contribution in [0.25, 0.3) is 0 Å². The topological polar surface area (TPSA) is 71.1 Å². The zero-order valence-electron chi connectivity index (χ0n) is 15.8. The van der Waals surface area contributed by atoms with Gasteiger partial charge in [-0.3, -0.25) is 4.79 Å². The van der Waals surface area contributed by atoms with E-state index >= 15 is 0 Å². The van der Waals surface area contributed by atoms with Crippen molar-refractivity contribution in [1.29, 1.82) is 0 Å². The lowest BCUT2D eigenvalue weighted by Crippen LogP contribution is -2.76. The summed E-state index contributed by atoms with van der Waals surface area (Å²) in [6, 6.07) is 0. The minimum atomic E-state index is -0.896.